The number of nitrogen functional groups attached to an aromatic ring is 1. The van der Waals surface area contributed by atoms with Crippen LogP contribution in [0.25, 0.3) is 0 Å². The van der Waals surface area contributed by atoms with Crippen molar-refractivity contribution in [3.8, 4) is 0 Å². The third-order valence-electron chi connectivity index (χ3n) is 3.04. The van der Waals surface area contributed by atoms with Crippen LogP contribution >= 0.6 is 0 Å². The van der Waals surface area contributed by atoms with Crippen molar-refractivity contribution in [3.63, 3.8) is 0 Å². The first kappa shape index (κ1) is 12.2. The largest absolute Gasteiger partial charge is 0.399 e. The second-order valence-electron chi connectivity index (χ2n) is 4.61. The summed E-state index contributed by atoms with van der Waals surface area (Å²) in [6.45, 7) is 1.76. The molecule has 1 aromatic carbocycles. The number of hydrogen-bond donors (Lipinski definition) is 1. The Morgan fingerprint density at radius 1 is 1.41 bits per heavy atom. The summed E-state index contributed by atoms with van der Waals surface area (Å²) in [6.07, 6.45) is 2.97. The molecule has 0 aliphatic carbocycles. The fourth-order valence-electron chi connectivity index (χ4n) is 2.24. The number of sulfone groups is 1. The number of anilines is 2. The van der Waals surface area contributed by atoms with Gasteiger partial charge in [0.05, 0.1) is 5.75 Å². The quantitative estimate of drug-likeness (QED) is 0.816. The number of nitrogens with zero attached hydrogens (tertiary/aromatic N) is 1. The molecule has 0 amide bonds. The lowest BCUT2D eigenvalue weighted by molar-refractivity contribution is 0.598. The van der Waals surface area contributed by atoms with Gasteiger partial charge in [-0.2, -0.15) is 0 Å². The highest BCUT2D eigenvalue weighted by molar-refractivity contribution is 7.90. The summed E-state index contributed by atoms with van der Waals surface area (Å²) in [4.78, 5) is 2.24. The minimum absolute atomic E-state index is 0.258. The van der Waals surface area contributed by atoms with E-state index in [1.54, 1.807) is 0 Å². The van der Waals surface area contributed by atoms with E-state index in [0.717, 1.165) is 25.2 Å². The molecule has 5 heteroatoms. The standard InChI is InChI=1S/C12H18N2O2S/c1-17(15,16)8-2-6-14-7-5-10-9-11(13)3-4-12(10)14/h3-4,9H,2,5-8,13H2,1H3. The summed E-state index contributed by atoms with van der Waals surface area (Å²) >= 11 is 0. The van der Waals surface area contributed by atoms with Gasteiger partial charge in [0, 0.05) is 30.7 Å². The Kier molecular flexibility index (Phi) is 3.28. The van der Waals surface area contributed by atoms with Gasteiger partial charge in [-0.3, -0.25) is 0 Å². The molecule has 94 valence electrons. The second-order valence-corrected chi connectivity index (χ2v) is 6.87. The topological polar surface area (TPSA) is 63.4 Å². The summed E-state index contributed by atoms with van der Waals surface area (Å²) < 4.78 is 22.1. The number of benzene rings is 1. The predicted octanol–water partition coefficient (Wildman–Crippen LogP) is 1.07. The van der Waals surface area contributed by atoms with Crippen LogP contribution in [0.3, 0.4) is 0 Å². The number of nitrogens with two attached hydrogens (primary N) is 1. The Labute approximate surface area is 102 Å². The molecular formula is C12H18N2O2S. The molecular weight excluding hydrogens is 236 g/mol. The van der Waals surface area contributed by atoms with Crippen LogP contribution in [0.1, 0.15) is 12.0 Å². The van der Waals surface area contributed by atoms with E-state index in [2.05, 4.69) is 4.90 Å². The van der Waals surface area contributed by atoms with E-state index in [-0.39, 0.29) is 5.75 Å². The lowest BCUT2D eigenvalue weighted by atomic mass is 10.1. The lowest BCUT2D eigenvalue weighted by Gasteiger charge is -2.19. The molecule has 0 spiro atoms. The Morgan fingerprint density at radius 2 is 2.18 bits per heavy atom. The van der Waals surface area contributed by atoms with Crippen molar-refractivity contribution in [1.82, 2.24) is 0 Å². The maximum Gasteiger partial charge on any atom is 0.147 e. The van der Waals surface area contributed by atoms with Crippen LogP contribution in [-0.4, -0.2) is 33.5 Å². The van der Waals surface area contributed by atoms with Crippen LogP contribution in [0, 0.1) is 0 Å². The lowest BCUT2D eigenvalue weighted by Crippen LogP contribution is -2.23. The molecule has 0 bridgehead atoms. The van der Waals surface area contributed by atoms with Gasteiger partial charge in [0.15, 0.2) is 0 Å². The minimum atomic E-state index is -2.85. The van der Waals surface area contributed by atoms with E-state index in [4.69, 9.17) is 5.73 Å². The summed E-state index contributed by atoms with van der Waals surface area (Å²) in [7, 11) is -2.85. The third kappa shape index (κ3) is 3.12. The van der Waals surface area contributed by atoms with E-state index in [1.165, 1.54) is 17.5 Å². The zero-order valence-electron chi connectivity index (χ0n) is 10.0. The monoisotopic (exact) mass is 254 g/mol. The highest BCUT2D eigenvalue weighted by Crippen LogP contribution is 2.29. The number of fused-ring (bicyclic) bond motifs is 1. The van der Waals surface area contributed by atoms with Crippen molar-refractivity contribution in [2.75, 3.05) is 35.7 Å². The summed E-state index contributed by atoms with van der Waals surface area (Å²) in [5, 5.41) is 0. The zero-order valence-corrected chi connectivity index (χ0v) is 10.8. The van der Waals surface area contributed by atoms with E-state index in [0.29, 0.717) is 6.42 Å². The van der Waals surface area contributed by atoms with Gasteiger partial charge in [-0.05, 0) is 36.6 Å². The maximum atomic E-state index is 11.1. The van der Waals surface area contributed by atoms with Crippen LogP contribution in [0.15, 0.2) is 18.2 Å². The van der Waals surface area contributed by atoms with E-state index < -0.39 is 9.84 Å². The van der Waals surface area contributed by atoms with Crippen molar-refractivity contribution in [3.05, 3.63) is 23.8 Å². The summed E-state index contributed by atoms with van der Waals surface area (Å²) in [5.41, 5.74) is 9.00. The van der Waals surface area contributed by atoms with Gasteiger partial charge in [-0.1, -0.05) is 0 Å². The van der Waals surface area contributed by atoms with Crippen molar-refractivity contribution >= 4 is 21.2 Å². The molecule has 1 aliphatic rings. The SMILES string of the molecule is CS(=O)(=O)CCCN1CCc2cc(N)ccc21. The molecule has 0 saturated heterocycles. The smallest absolute Gasteiger partial charge is 0.147 e. The molecule has 0 unspecified atom stereocenters. The van der Waals surface area contributed by atoms with Crippen LogP contribution in [-0.2, 0) is 16.3 Å². The normalized spacial score (nSPS) is 15.0. The predicted molar refractivity (Wildman–Crippen MR) is 71.1 cm³/mol. The van der Waals surface area contributed by atoms with Crippen LogP contribution in [0.5, 0.6) is 0 Å². The van der Waals surface area contributed by atoms with Gasteiger partial charge in [0.1, 0.15) is 9.84 Å². The van der Waals surface area contributed by atoms with Crippen LogP contribution in [0.2, 0.25) is 0 Å². The summed E-state index contributed by atoms with van der Waals surface area (Å²) in [5.74, 6) is 0.258. The Bertz CT molecular complexity index is 511. The highest BCUT2D eigenvalue weighted by atomic mass is 32.2. The van der Waals surface area contributed by atoms with Gasteiger partial charge >= 0.3 is 0 Å². The average Bonchev–Trinajstić information content (AvgIpc) is 2.59. The van der Waals surface area contributed by atoms with Crippen molar-refractivity contribution < 1.29 is 8.42 Å². The van der Waals surface area contributed by atoms with Crippen molar-refractivity contribution in [2.24, 2.45) is 0 Å². The average molecular weight is 254 g/mol. The van der Waals surface area contributed by atoms with E-state index in [9.17, 15) is 8.42 Å². The fraction of sp³-hybridized carbons (Fsp3) is 0.500. The van der Waals surface area contributed by atoms with Gasteiger partial charge in [-0.15, -0.1) is 0 Å². The molecule has 0 radical (unpaired) electrons. The van der Waals surface area contributed by atoms with Gasteiger partial charge < -0.3 is 10.6 Å². The number of hydrogen-bond acceptors (Lipinski definition) is 4. The minimum Gasteiger partial charge on any atom is -0.399 e. The molecule has 0 saturated carbocycles. The molecule has 1 aromatic rings. The summed E-state index contributed by atoms with van der Waals surface area (Å²) in [6, 6.07) is 5.93. The van der Waals surface area contributed by atoms with Gasteiger partial charge in [0.2, 0.25) is 0 Å². The van der Waals surface area contributed by atoms with Gasteiger partial charge in [-0.25, -0.2) is 8.42 Å². The molecule has 2 N–H and O–H groups in total. The highest BCUT2D eigenvalue weighted by Gasteiger charge is 2.18. The van der Waals surface area contributed by atoms with Crippen LogP contribution in [0.4, 0.5) is 11.4 Å². The first-order valence-corrected chi connectivity index (χ1v) is 7.83. The first-order valence-electron chi connectivity index (χ1n) is 5.77. The molecule has 1 aliphatic heterocycles. The molecule has 0 atom stereocenters. The Morgan fingerprint density at radius 3 is 2.88 bits per heavy atom. The second kappa shape index (κ2) is 4.56. The number of rotatable bonds is 4. The molecule has 0 fully saturated rings. The molecule has 4 nitrogen and oxygen atoms in total. The van der Waals surface area contributed by atoms with E-state index >= 15 is 0 Å². The molecule has 2 rings (SSSR count). The first-order chi connectivity index (χ1) is 7.96. The van der Waals surface area contributed by atoms with Gasteiger partial charge in [0.25, 0.3) is 0 Å². The maximum absolute atomic E-state index is 11.1. The molecule has 0 aromatic heterocycles. The Balaban J connectivity index is 1.98. The van der Waals surface area contributed by atoms with Crippen LogP contribution < -0.4 is 10.6 Å². The fourth-order valence-corrected chi connectivity index (χ4v) is 2.89. The van der Waals surface area contributed by atoms with Crippen molar-refractivity contribution in [2.45, 2.75) is 12.8 Å². The molecule has 1 heterocycles. The molecule has 17 heavy (non-hydrogen) atoms. The third-order valence-corrected chi connectivity index (χ3v) is 4.07. The zero-order chi connectivity index (χ0) is 12.5. The van der Waals surface area contributed by atoms with E-state index in [1.807, 2.05) is 18.2 Å². The van der Waals surface area contributed by atoms with Crippen molar-refractivity contribution in [1.29, 1.82) is 0 Å². The Hall–Kier alpha value is -1.23.